The summed E-state index contributed by atoms with van der Waals surface area (Å²) >= 11 is 3.07. The first-order chi connectivity index (χ1) is 9.81. The lowest BCUT2D eigenvalue weighted by Gasteiger charge is -2.05. The molecule has 2 heterocycles. The van der Waals surface area contributed by atoms with E-state index in [1.165, 1.54) is 12.1 Å². The highest BCUT2D eigenvalue weighted by molar-refractivity contribution is 9.10. The van der Waals surface area contributed by atoms with E-state index in [9.17, 15) is 18.0 Å². The first-order valence-electron chi connectivity index (χ1n) is 5.87. The van der Waals surface area contributed by atoms with Crippen LogP contribution in [0, 0.1) is 0 Å². The van der Waals surface area contributed by atoms with Crippen molar-refractivity contribution in [2.75, 3.05) is 6.61 Å². The monoisotopic (exact) mass is 366 g/mol. The van der Waals surface area contributed by atoms with Gasteiger partial charge in [-0.3, -0.25) is 4.79 Å². The molecule has 0 saturated carbocycles. The van der Waals surface area contributed by atoms with Crippen LogP contribution in [0.4, 0.5) is 13.2 Å². The number of ether oxygens (including phenoxy) is 1. The Hall–Kier alpha value is -1.77. The van der Waals surface area contributed by atoms with E-state index in [2.05, 4.69) is 21.0 Å². The molecule has 21 heavy (non-hydrogen) atoms. The summed E-state index contributed by atoms with van der Waals surface area (Å²) in [6.07, 6.45) is -4.61. The van der Waals surface area contributed by atoms with E-state index >= 15 is 0 Å². The normalized spacial score (nSPS) is 11.7. The van der Waals surface area contributed by atoms with E-state index in [1.54, 1.807) is 6.92 Å². The molecular weight excluding hydrogens is 357 g/mol. The van der Waals surface area contributed by atoms with Crippen molar-refractivity contribution in [3.05, 3.63) is 28.6 Å². The highest BCUT2D eigenvalue weighted by Gasteiger charge is 2.35. The number of aromatic nitrogens is 2. The number of esters is 1. The second-order valence-corrected chi connectivity index (χ2v) is 4.76. The minimum Gasteiger partial charge on any atom is -0.465 e. The fourth-order valence-electron chi connectivity index (χ4n) is 1.66. The number of carbonyl (C=O) groups is 1. The Morgan fingerprint density at radius 1 is 1.48 bits per heavy atom. The summed E-state index contributed by atoms with van der Waals surface area (Å²) in [5, 5.41) is 3.40. The van der Waals surface area contributed by atoms with E-state index in [1.807, 2.05) is 0 Å². The molecule has 0 atom stereocenters. The molecule has 0 aliphatic carbocycles. The van der Waals surface area contributed by atoms with Gasteiger partial charge in [-0.25, -0.2) is 4.68 Å². The predicted molar refractivity (Wildman–Crippen MR) is 69.3 cm³/mol. The Labute approximate surface area is 125 Å². The molecule has 0 N–H and O–H groups in total. The summed E-state index contributed by atoms with van der Waals surface area (Å²) in [7, 11) is 0. The second kappa shape index (κ2) is 5.92. The molecule has 0 aliphatic rings. The molecule has 0 radical (unpaired) electrons. The van der Waals surface area contributed by atoms with Crippen LogP contribution in [0.2, 0.25) is 0 Å². The third kappa shape index (κ3) is 3.66. The standard InChI is InChI=1S/C12H10BrF3N2O3/c1-2-20-11(19)6-18-7(8-3-4-10(13)21-8)5-9(17-18)12(14,15)16/h3-5H,2,6H2,1H3. The Kier molecular flexibility index (Phi) is 4.40. The first kappa shape index (κ1) is 15.6. The lowest BCUT2D eigenvalue weighted by Crippen LogP contribution is -2.16. The average Bonchev–Trinajstić information content (AvgIpc) is 2.95. The Morgan fingerprint density at radius 2 is 2.19 bits per heavy atom. The molecule has 0 saturated heterocycles. The molecule has 9 heteroatoms. The molecule has 0 aliphatic heterocycles. The predicted octanol–water partition coefficient (Wildman–Crippen LogP) is 3.49. The smallest absolute Gasteiger partial charge is 0.435 e. The summed E-state index contributed by atoms with van der Waals surface area (Å²) < 4.78 is 49.5. The molecule has 0 bridgehead atoms. The summed E-state index contributed by atoms with van der Waals surface area (Å²) in [4.78, 5) is 11.5. The van der Waals surface area contributed by atoms with Gasteiger partial charge in [-0.05, 0) is 41.1 Å². The number of furan rings is 1. The van der Waals surface area contributed by atoms with E-state index in [0.29, 0.717) is 4.67 Å². The van der Waals surface area contributed by atoms with Crippen molar-refractivity contribution in [1.82, 2.24) is 9.78 Å². The Balaban J connectivity index is 2.41. The zero-order valence-corrected chi connectivity index (χ0v) is 12.4. The number of rotatable bonds is 4. The van der Waals surface area contributed by atoms with Crippen molar-refractivity contribution in [2.45, 2.75) is 19.6 Å². The van der Waals surface area contributed by atoms with E-state index in [-0.39, 0.29) is 18.1 Å². The zero-order valence-electron chi connectivity index (χ0n) is 10.8. The van der Waals surface area contributed by atoms with Crippen LogP contribution >= 0.6 is 15.9 Å². The van der Waals surface area contributed by atoms with E-state index < -0.39 is 24.4 Å². The van der Waals surface area contributed by atoms with Crippen LogP contribution in [0.5, 0.6) is 0 Å². The first-order valence-corrected chi connectivity index (χ1v) is 6.67. The molecule has 2 rings (SSSR count). The van der Waals surface area contributed by atoms with Crippen molar-refractivity contribution in [3.63, 3.8) is 0 Å². The zero-order chi connectivity index (χ0) is 15.6. The van der Waals surface area contributed by atoms with E-state index in [0.717, 1.165) is 10.7 Å². The van der Waals surface area contributed by atoms with Gasteiger partial charge in [-0.15, -0.1) is 0 Å². The molecule has 0 fully saturated rings. The molecule has 114 valence electrons. The third-order valence-electron chi connectivity index (χ3n) is 2.48. The Morgan fingerprint density at radius 3 is 2.71 bits per heavy atom. The number of halogens is 4. The number of hydrogen-bond donors (Lipinski definition) is 0. The third-order valence-corrected chi connectivity index (χ3v) is 2.91. The van der Waals surface area contributed by atoms with Crippen molar-refractivity contribution < 1.29 is 27.1 Å². The lowest BCUT2D eigenvalue weighted by atomic mass is 10.3. The highest BCUT2D eigenvalue weighted by atomic mass is 79.9. The lowest BCUT2D eigenvalue weighted by molar-refractivity contribution is -0.146. The molecule has 0 unspecified atom stereocenters. The molecule has 5 nitrogen and oxygen atoms in total. The number of hydrogen-bond acceptors (Lipinski definition) is 4. The summed E-state index contributed by atoms with van der Waals surface area (Å²) in [5.41, 5.74) is -1.06. The van der Waals surface area contributed by atoms with Crippen LogP contribution in [0.25, 0.3) is 11.5 Å². The summed E-state index contributed by atoms with van der Waals surface area (Å²) in [6.45, 7) is 1.30. The van der Waals surface area contributed by atoms with Crippen molar-refractivity contribution in [1.29, 1.82) is 0 Å². The van der Waals surface area contributed by atoms with Crippen LogP contribution in [-0.2, 0) is 22.3 Å². The number of carbonyl (C=O) groups excluding carboxylic acids is 1. The van der Waals surface area contributed by atoms with Gasteiger partial charge in [-0.2, -0.15) is 18.3 Å². The number of nitrogens with zero attached hydrogens (tertiary/aromatic N) is 2. The van der Waals surface area contributed by atoms with Gasteiger partial charge < -0.3 is 9.15 Å². The highest BCUT2D eigenvalue weighted by Crippen LogP contribution is 2.33. The summed E-state index contributed by atoms with van der Waals surface area (Å²) in [6, 6.07) is 3.83. The molecule has 2 aromatic heterocycles. The minimum absolute atomic E-state index is 0.0427. The van der Waals surface area contributed by atoms with Crippen molar-refractivity contribution >= 4 is 21.9 Å². The number of alkyl halides is 3. The van der Waals surface area contributed by atoms with Gasteiger partial charge in [0.15, 0.2) is 16.1 Å². The van der Waals surface area contributed by atoms with E-state index in [4.69, 9.17) is 9.15 Å². The maximum absolute atomic E-state index is 12.8. The Bertz CT molecular complexity index is 648. The van der Waals surface area contributed by atoms with Gasteiger partial charge in [0.25, 0.3) is 0 Å². The van der Waals surface area contributed by atoms with Gasteiger partial charge in [0.1, 0.15) is 12.2 Å². The molecule has 2 aromatic rings. The second-order valence-electron chi connectivity index (χ2n) is 3.98. The van der Waals surface area contributed by atoms with Crippen LogP contribution in [0.3, 0.4) is 0 Å². The molecular formula is C12H10BrF3N2O3. The molecule has 0 aromatic carbocycles. The topological polar surface area (TPSA) is 57.3 Å². The maximum Gasteiger partial charge on any atom is 0.435 e. The van der Waals surface area contributed by atoms with Gasteiger partial charge >= 0.3 is 12.1 Å². The fourth-order valence-corrected chi connectivity index (χ4v) is 1.96. The molecule has 0 spiro atoms. The average molecular weight is 367 g/mol. The van der Waals surface area contributed by atoms with Gasteiger partial charge in [-0.1, -0.05) is 0 Å². The van der Waals surface area contributed by atoms with Crippen LogP contribution < -0.4 is 0 Å². The van der Waals surface area contributed by atoms with Crippen LogP contribution in [0.1, 0.15) is 12.6 Å². The SMILES string of the molecule is CCOC(=O)Cn1nc(C(F)(F)F)cc1-c1ccc(Br)o1. The van der Waals surface area contributed by atoms with Crippen molar-refractivity contribution in [3.8, 4) is 11.5 Å². The maximum atomic E-state index is 12.8. The van der Waals surface area contributed by atoms with Gasteiger partial charge in [0.05, 0.1) is 6.61 Å². The van der Waals surface area contributed by atoms with Crippen LogP contribution in [-0.4, -0.2) is 22.4 Å². The molecule has 0 amide bonds. The fraction of sp³-hybridized carbons (Fsp3) is 0.333. The quantitative estimate of drug-likeness (QED) is 0.777. The largest absolute Gasteiger partial charge is 0.465 e. The van der Waals surface area contributed by atoms with Crippen LogP contribution in [0.15, 0.2) is 27.3 Å². The van der Waals surface area contributed by atoms with Gasteiger partial charge in [0, 0.05) is 0 Å². The van der Waals surface area contributed by atoms with Crippen molar-refractivity contribution in [2.24, 2.45) is 0 Å². The summed E-state index contributed by atoms with van der Waals surface area (Å²) in [5.74, 6) is -0.518. The minimum atomic E-state index is -4.61. The van der Waals surface area contributed by atoms with Gasteiger partial charge in [0.2, 0.25) is 0 Å².